The Kier molecular flexibility index (Phi) is 6.98. The van der Waals surface area contributed by atoms with Gasteiger partial charge in [-0.25, -0.2) is 4.79 Å². The molecular formula is C20H19N5O5S. The maximum Gasteiger partial charge on any atom is 0.337 e. The molecule has 0 saturated heterocycles. The molecule has 1 N–H and O–H groups in total. The van der Waals surface area contributed by atoms with Crippen molar-refractivity contribution in [2.45, 2.75) is 16.5 Å². The summed E-state index contributed by atoms with van der Waals surface area (Å²) in [5.41, 5.74) is 1.38. The number of nitro benzene ring substituents is 1. The molecule has 0 aliphatic heterocycles. The number of nitrogens with one attached hydrogen (secondary N) is 1. The van der Waals surface area contributed by atoms with E-state index in [0.29, 0.717) is 28.6 Å². The monoisotopic (exact) mass is 441 g/mol. The van der Waals surface area contributed by atoms with E-state index in [4.69, 9.17) is 0 Å². The molecule has 0 aliphatic rings. The molecule has 1 aromatic heterocycles. The van der Waals surface area contributed by atoms with Gasteiger partial charge in [0.25, 0.3) is 11.6 Å². The highest BCUT2D eigenvalue weighted by molar-refractivity contribution is 7.99. The van der Waals surface area contributed by atoms with Crippen LogP contribution in [-0.2, 0) is 18.2 Å². The first kappa shape index (κ1) is 22.0. The van der Waals surface area contributed by atoms with Gasteiger partial charge in [-0.3, -0.25) is 14.9 Å². The number of aryl methyl sites for hydroxylation is 1. The molecule has 2 aromatic carbocycles. The van der Waals surface area contributed by atoms with Gasteiger partial charge in [0.1, 0.15) is 6.33 Å². The number of hydrogen-bond acceptors (Lipinski definition) is 8. The first-order valence-corrected chi connectivity index (χ1v) is 9.96. The number of aromatic nitrogens is 3. The predicted octanol–water partition coefficient (Wildman–Crippen LogP) is 2.63. The third-order valence-corrected chi connectivity index (χ3v) is 5.48. The van der Waals surface area contributed by atoms with Crippen LogP contribution in [0.25, 0.3) is 0 Å². The number of carbonyl (C=O) groups excluding carboxylic acids is 2. The largest absolute Gasteiger partial charge is 0.465 e. The quantitative estimate of drug-likeness (QED) is 0.321. The molecule has 10 nitrogen and oxygen atoms in total. The first-order valence-electron chi connectivity index (χ1n) is 9.14. The van der Waals surface area contributed by atoms with Gasteiger partial charge in [0, 0.05) is 25.2 Å². The van der Waals surface area contributed by atoms with Crippen molar-refractivity contribution < 1.29 is 19.2 Å². The number of nitrogens with zero attached hydrogens (tertiary/aromatic N) is 4. The summed E-state index contributed by atoms with van der Waals surface area (Å²) in [6.45, 7) is 0.333. The summed E-state index contributed by atoms with van der Waals surface area (Å²) in [5, 5.41) is 22.4. The van der Waals surface area contributed by atoms with E-state index in [-0.39, 0.29) is 11.3 Å². The average molecular weight is 441 g/mol. The highest BCUT2D eigenvalue weighted by Gasteiger charge is 2.20. The van der Waals surface area contributed by atoms with Crippen LogP contribution in [0.3, 0.4) is 0 Å². The van der Waals surface area contributed by atoms with Crippen molar-refractivity contribution in [3.63, 3.8) is 0 Å². The predicted molar refractivity (Wildman–Crippen MR) is 112 cm³/mol. The number of rotatable bonds is 8. The Bertz CT molecular complexity index is 1110. The Morgan fingerprint density at radius 3 is 2.52 bits per heavy atom. The van der Waals surface area contributed by atoms with E-state index in [1.165, 1.54) is 31.6 Å². The van der Waals surface area contributed by atoms with Crippen LogP contribution in [0, 0.1) is 10.1 Å². The van der Waals surface area contributed by atoms with Crippen LogP contribution in [0.5, 0.6) is 0 Å². The number of esters is 1. The summed E-state index contributed by atoms with van der Waals surface area (Å²) in [4.78, 5) is 35.2. The van der Waals surface area contributed by atoms with Crippen molar-refractivity contribution in [3.05, 3.63) is 75.6 Å². The lowest BCUT2D eigenvalue weighted by Gasteiger charge is -2.08. The molecule has 0 saturated carbocycles. The van der Waals surface area contributed by atoms with Crippen LogP contribution in [-0.4, -0.2) is 45.2 Å². The second-order valence-corrected chi connectivity index (χ2v) is 7.47. The molecule has 11 heteroatoms. The van der Waals surface area contributed by atoms with E-state index in [2.05, 4.69) is 20.3 Å². The molecule has 0 radical (unpaired) electrons. The Morgan fingerprint density at radius 1 is 1.19 bits per heavy atom. The van der Waals surface area contributed by atoms with Crippen LogP contribution < -0.4 is 5.32 Å². The maximum atomic E-state index is 12.4. The second kappa shape index (κ2) is 9.85. The van der Waals surface area contributed by atoms with Gasteiger partial charge in [-0.05, 0) is 48.0 Å². The van der Waals surface area contributed by atoms with Gasteiger partial charge < -0.3 is 14.6 Å². The number of ether oxygens (including phenoxy) is 1. The molecule has 0 bridgehead atoms. The fourth-order valence-electron chi connectivity index (χ4n) is 2.70. The summed E-state index contributed by atoms with van der Waals surface area (Å²) in [7, 11) is 3.05. The van der Waals surface area contributed by atoms with Crippen LogP contribution in [0.2, 0.25) is 0 Å². The Labute approximate surface area is 181 Å². The fraction of sp³-hybridized carbons (Fsp3) is 0.200. The lowest BCUT2D eigenvalue weighted by atomic mass is 10.1. The van der Waals surface area contributed by atoms with Gasteiger partial charge in [-0.1, -0.05) is 12.1 Å². The van der Waals surface area contributed by atoms with Crippen LogP contribution in [0.4, 0.5) is 5.69 Å². The topological polar surface area (TPSA) is 129 Å². The van der Waals surface area contributed by atoms with Crippen LogP contribution in [0.15, 0.2) is 58.8 Å². The zero-order valence-electron chi connectivity index (χ0n) is 16.8. The molecule has 31 heavy (non-hydrogen) atoms. The van der Waals surface area contributed by atoms with Gasteiger partial charge in [0.15, 0.2) is 5.16 Å². The Hall–Kier alpha value is -3.73. The summed E-state index contributed by atoms with van der Waals surface area (Å²) >= 11 is 1.10. The van der Waals surface area contributed by atoms with Crippen molar-refractivity contribution >= 4 is 29.3 Å². The molecular weight excluding hydrogens is 422 g/mol. The standard InChI is InChI=1S/C20H19N5O5S/c1-24-12-22-23-20(24)31-17-8-7-15(11-16(17)25(28)29)18(26)21-10-9-13-3-5-14(6-4-13)19(27)30-2/h3-8,11-12H,9-10H2,1-2H3,(H,21,26). The highest BCUT2D eigenvalue weighted by Crippen LogP contribution is 2.34. The van der Waals surface area contributed by atoms with Crippen LogP contribution >= 0.6 is 11.8 Å². The van der Waals surface area contributed by atoms with Crippen molar-refractivity contribution in [1.82, 2.24) is 20.1 Å². The minimum atomic E-state index is -0.529. The van der Waals surface area contributed by atoms with Gasteiger partial charge >= 0.3 is 5.97 Å². The van der Waals surface area contributed by atoms with E-state index >= 15 is 0 Å². The molecule has 0 atom stereocenters. The zero-order valence-corrected chi connectivity index (χ0v) is 17.6. The lowest BCUT2D eigenvalue weighted by molar-refractivity contribution is -0.387. The van der Waals surface area contributed by atoms with Gasteiger partial charge in [0.05, 0.1) is 22.5 Å². The molecule has 3 rings (SSSR count). The van der Waals surface area contributed by atoms with E-state index in [1.54, 1.807) is 35.9 Å². The van der Waals surface area contributed by atoms with E-state index < -0.39 is 16.8 Å². The Balaban J connectivity index is 1.63. The van der Waals surface area contributed by atoms with Crippen LogP contribution in [0.1, 0.15) is 26.3 Å². The number of methoxy groups -OCH3 is 1. The van der Waals surface area contributed by atoms with Gasteiger partial charge in [-0.15, -0.1) is 10.2 Å². The number of amides is 1. The van der Waals surface area contributed by atoms with Crippen molar-refractivity contribution in [3.8, 4) is 0 Å². The number of hydrogen-bond donors (Lipinski definition) is 1. The highest BCUT2D eigenvalue weighted by atomic mass is 32.2. The molecule has 160 valence electrons. The molecule has 1 amide bonds. The fourth-order valence-corrected chi connectivity index (χ4v) is 3.55. The molecule has 3 aromatic rings. The van der Waals surface area contributed by atoms with E-state index in [1.807, 2.05) is 0 Å². The van der Waals surface area contributed by atoms with Gasteiger partial charge in [-0.2, -0.15) is 0 Å². The molecule has 0 spiro atoms. The summed E-state index contributed by atoms with van der Waals surface area (Å²) in [6, 6.07) is 11.2. The van der Waals surface area contributed by atoms with Crippen molar-refractivity contribution in [1.29, 1.82) is 0 Å². The van der Waals surface area contributed by atoms with Gasteiger partial charge in [0.2, 0.25) is 0 Å². The molecule has 0 aliphatic carbocycles. The third kappa shape index (κ3) is 5.45. The maximum absolute atomic E-state index is 12.4. The molecule has 0 unspecified atom stereocenters. The number of benzene rings is 2. The molecule has 1 heterocycles. The second-order valence-electron chi connectivity index (χ2n) is 6.46. The summed E-state index contributed by atoms with van der Waals surface area (Å²) in [6.07, 6.45) is 2.04. The normalized spacial score (nSPS) is 10.5. The van der Waals surface area contributed by atoms with Crippen molar-refractivity contribution in [2.75, 3.05) is 13.7 Å². The van der Waals surface area contributed by atoms with E-state index in [0.717, 1.165) is 17.3 Å². The average Bonchev–Trinajstić information content (AvgIpc) is 3.18. The lowest BCUT2D eigenvalue weighted by Crippen LogP contribution is -2.25. The minimum absolute atomic E-state index is 0.181. The SMILES string of the molecule is COC(=O)c1ccc(CCNC(=O)c2ccc(Sc3nncn3C)c([N+](=O)[O-])c2)cc1. The first-order chi connectivity index (χ1) is 14.9. The number of carbonyl (C=O) groups is 2. The zero-order chi connectivity index (χ0) is 22.4. The summed E-state index contributed by atoms with van der Waals surface area (Å²) < 4.78 is 6.30. The Morgan fingerprint density at radius 2 is 1.90 bits per heavy atom. The number of nitro groups is 1. The molecule has 0 fully saturated rings. The van der Waals surface area contributed by atoms with Crippen molar-refractivity contribution in [2.24, 2.45) is 7.05 Å². The smallest absolute Gasteiger partial charge is 0.337 e. The van der Waals surface area contributed by atoms with E-state index in [9.17, 15) is 19.7 Å². The minimum Gasteiger partial charge on any atom is -0.465 e. The third-order valence-electron chi connectivity index (χ3n) is 4.36. The summed E-state index contributed by atoms with van der Waals surface area (Å²) in [5.74, 6) is -0.827.